The lowest BCUT2D eigenvalue weighted by molar-refractivity contribution is 0.594. The average Bonchev–Trinajstić information content (AvgIpc) is 2.46. The zero-order valence-electron chi connectivity index (χ0n) is 8.91. The highest BCUT2D eigenvalue weighted by Crippen LogP contribution is 2.29. The van der Waals surface area contributed by atoms with E-state index in [-0.39, 0.29) is 5.41 Å². The number of aromatic nitrogens is 1. The van der Waals surface area contributed by atoms with Crippen molar-refractivity contribution < 1.29 is 0 Å². The van der Waals surface area contributed by atoms with Crippen molar-refractivity contribution in [3.63, 3.8) is 0 Å². The molecule has 0 saturated heterocycles. The van der Waals surface area contributed by atoms with Crippen LogP contribution in [0.1, 0.15) is 26.3 Å². The van der Waals surface area contributed by atoms with Gasteiger partial charge in [-0.25, -0.2) is 0 Å². The molecule has 0 saturated carbocycles. The molecule has 1 heterocycles. The monoisotopic (exact) mass is 183 g/mol. The summed E-state index contributed by atoms with van der Waals surface area (Å²) in [5.74, 6) is 0. The van der Waals surface area contributed by atoms with Crippen LogP contribution in [0, 0.1) is 0 Å². The molecule has 1 nitrogen and oxygen atoms in total. The Hall–Kier alpha value is -1.18. The van der Waals surface area contributed by atoms with Crippen LogP contribution in [-0.2, 0) is 5.41 Å². The van der Waals surface area contributed by atoms with Crippen LogP contribution in [0.4, 0.5) is 0 Å². The first-order valence-electron chi connectivity index (χ1n) is 4.86. The Morgan fingerprint density at radius 1 is 1.14 bits per heavy atom. The highest BCUT2D eigenvalue weighted by Gasteiger charge is 2.17. The molecule has 0 amide bonds. The summed E-state index contributed by atoms with van der Waals surface area (Å²) in [6, 6.07) is 8.37. The lowest BCUT2D eigenvalue weighted by Crippen LogP contribution is -2.12. The second-order valence-electron chi connectivity index (χ2n) is 4.72. The van der Waals surface area contributed by atoms with E-state index < -0.39 is 0 Å². The van der Waals surface area contributed by atoms with Gasteiger partial charge in [0.05, 0.1) is 0 Å². The van der Waals surface area contributed by atoms with Crippen LogP contribution < -0.4 is 0 Å². The molecule has 0 unspecified atom stereocenters. The van der Waals surface area contributed by atoms with Crippen LogP contribution >= 0.6 is 0 Å². The van der Waals surface area contributed by atoms with Gasteiger partial charge in [0.2, 0.25) is 7.98 Å². The first-order valence-corrected chi connectivity index (χ1v) is 4.86. The minimum Gasteiger partial charge on any atom is -0.403 e. The molecule has 2 radical (unpaired) electrons. The van der Waals surface area contributed by atoms with Crippen molar-refractivity contribution in [2.24, 2.45) is 0 Å². The summed E-state index contributed by atoms with van der Waals surface area (Å²) < 4.78 is 1.70. The molecule has 0 N–H and O–H groups in total. The first-order chi connectivity index (χ1) is 6.50. The van der Waals surface area contributed by atoms with Gasteiger partial charge in [-0.05, 0) is 28.6 Å². The lowest BCUT2D eigenvalue weighted by Gasteiger charge is -2.21. The van der Waals surface area contributed by atoms with Crippen molar-refractivity contribution in [3.05, 3.63) is 36.0 Å². The van der Waals surface area contributed by atoms with Crippen molar-refractivity contribution in [2.75, 3.05) is 0 Å². The highest BCUT2D eigenvalue weighted by atomic mass is 14.8. The third-order valence-corrected chi connectivity index (χ3v) is 2.55. The van der Waals surface area contributed by atoms with E-state index in [0.717, 1.165) is 5.52 Å². The van der Waals surface area contributed by atoms with Gasteiger partial charge in [-0.1, -0.05) is 39.0 Å². The standard InChI is InChI=1S/C12H14BN/c1-12(2,3)10-6-4-5-9-7-8-14(13)11(9)10/h4-8H,1-3H3. The predicted molar refractivity (Wildman–Crippen MR) is 61.8 cm³/mol. The molecule has 0 atom stereocenters. The van der Waals surface area contributed by atoms with Crippen LogP contribution in [0.3, 0.4) is 0 Å². The van der Waals surface area contributed by atoms with E-state index >= 15 is 0 Å². The molecule has 14 heavy (non-hydrogen) atoms. The Bertz CT molecular complexity index is 463. The molecule has 0 aliphatic rings. The number of fused-ring (bicyclic) bond motifs is 1. The van der Waals surface area contributed by atoms with Gasteiger partial charge in [0.15, 0.2) is 0 Å². The smallest absolute Gasteiger partial charge is 0.234 e. The van der Waals surface area contributed by atoms with Gasteiger partial charge in [-0.15, -0.1) is 0 Å². The van der Waals surface area contributed by atoms with Crippen molar-refractivity contribution in [1.82, 2.24) is 4.48 Å². The second-order valence-corrected chi connectivity index (χ2v) is 4.72. The molecular formula is C12H14BN. The second kappa shape index (κ2) is 2.91. The maximum Gasteiger partial charge on any atom is 0.234 e. The van der Waals surface area contributed by atoms with E-state index in [1.165, 1.54) is 10.9 Å². The van der Waals surface area contributed by atoms with Gasteiger partial charge >= 0.3 is 0 Å². The molecule has 0 fully saturated rings. The normalized spacial score (nSPS) is 12.2. The summed E-state index contributed by atoms with van der Waals surface area (Å²) in [6.45, 7) is 6.61. The highest BCUT2D eigenvalue weighted by molar-refractivity contribution is 6.12. The molecule has 70 valence electrons. The summed E-state index contributed by atoms with van der Waals surface area (Å²) in [6.07, 6.45) is 1.90. The fourth-order valence-electron chi connectivity index (χ4n) is 1.82. The van der Waals surface area contributed by atoms with E-state index in [4.69, 9.17) is 7.98 Å². The van der Waals surface area contributed by atoms with Crippen molar-refractivity contribution in [2.45, 2.75) is 26.2 Å². The number of hydrogen-bond donors (Lipinski definition) is 0. The fourth-order valence-corrected chi connectivity index (χ4v) is 1.82. The van der Waals surface area contributed by atoms with Crippen LogP contribution in [0.5, 0.6) is 0 Å². The van der Waals surface area contributed by atoms with Gasteiger partial charge in [-0.3, -0.25) is 0 Å². The van der Waals surface area contributed by atoms with Crippen molar-refractivity contribution >= 4 is 18.9 Å². The zero-order chi connectivity index (χ0) is 10.3. The summed E-state index contributed by atoms with van der Waals surface area (Å²) in [5, 5.41) is 1.21. The number of benzene rings is 1. The number of para-hydroxylation sites is 1. The van der Waals surface area contributed by atoms with Crippen molar-refractivity contribution in [1.29, 1.82) is 0 Å². The quantitative estimate of drug-likeness (QED) is 0.553. The zero-order valence-corrected chi connectivity index (χ0v) is 8.91. The Kier molecular flexibility index (Phi) is 1.95. The fraction of sp³-hybridized carbons (Fsp3) is 0.333. The molecule has 1 aromatic heterocycles. The van der Waals surface area contributed by atoms with E-state index in [9.17, 15) is 0 Å². The molecular weight excluding hydrogens is 169 g/mol. The largest absolute Gasteiger partial charge is 0.403 e. The Balaban J connectivity index is 2.82. The van der Waals surface area contributed by atoms with Gasteiger partial charge in [0.25, 0.3) is 0 Å². The van der Waals surface area contributed by atoms with Crippen LogP contribution in [0.15, 0.2) is 30.5 Å². The summed E-state index contributed by atoms with van der Waals surface area (Å²) in [5.41, 5.74) is 2.57. The molecule has 2 rings (SSSR count). The molecule has 2 heteroatoms. The summed E-state index contributed by atoms with van der Waals surface area (Å²) in [7, 11) is 5.89. The number of hydrogen-bond acceptors (Lipinski definition) is 0. The molecule has 0 aliphatic carbocycles. The van der Waals surface area contributed by atoms with Crippen LogP contribution in [-0.4, -0.2) is 12.5 Å². The third kappa shape index (κ3) is 1.35. The SMILES string of the molecule is [B]n1ccc2cccc(C(C)(C)C)c21. The van der Waals surface area contributed by atoms with E-state index in [1.54, 1.807) is 4.48 Å². The summed E-state index contributed by atoms with van der Waals surface area (Å²) in [4.78, 5) is 0. The maximum atomic E-state index is 5.89. The van der Waals surface area contributed by atoms with Gasteiger partial charge in [0.1, 0.15) is 0 Å². The Morgan fingerprint density at radius 2 is 1.86 bits per heavy atom. The van der Waals surface area contributed by atoms with Crippen LogP contribution in [0.25, 0.3) is 10.9 Å². The van der Waals surface area contributed by atoms with Crippen LogP contribution in [0.2, 0.25) is 0 Å². The predicted octanol–water partition coefficient (Wildman–Crippen LogP) is 2.87. The van der Waals surface area contributed by atoms with Gasteiger partial charge in [-0.2, -0.15) is 0 Å². The molecule has 0 aliphatic heterocycles. The van der Waals surface area contributed by atoms with Gasteiger partial charge in [0, 0.05) is 5.52 Å². The average molecular weight is 183 g/mol. The number of nitrogens with zero attached hydrogens (tertiary/aromatic N) is 1. The Morgan fingerprint density at radius 3 is 2.50 bits per heavy atom. The maximum absolute atomic E-state index is 5.89. The molecule has 1 aromatic carbocycles. The van der Waals surface area contributed by atoms with E-state index in [1.807, 2.05) is 12.3 Å². The van der Waals surface area contributed by atoms with E-state index in [2.05, 4.69) is 39.0 Å². The third-order valence-electron chi connectivity index (χ3n) is 2.55. The first kappa shape index (κ1) is 9.38. The molecule has 0 bridgehead atoms. The minimum absolute atomic E-state index is 0.134. The molecule has 0 spiro atoms. The van der Waals surface area contributed by atoms with Crippen molar-refractivity contribution in [3.8, 4) is 0 Å². The molecule has 2 aromatic rings. The van der Waals surface area contributed by atoms with E-state index in [0.29, 0.717) is 0 Å². The lowest BCUT2D eigenvalue weighted by atomic mass is 9.85. The minimum atomic E-state index is 0.134. The topological polar surface area (TPSA) is 4.93 Å². The Labute approximate surface area is 86.2 Å². The summed E-state index contributed by atoms with van der Waals surface area (Å²) >= 11 is 0. The van der Waals surface area contributed by atoms with Gasteiger partial charge < -0.3 is 4.48 Å². The number of rotatable bonds is 0.